The predicted molar refractivity (Wildman–Crippen MR) is 102 cm³/mol. The summed E-state index contributed by atoms with van der Waals surface area (Å²) < 4.78 is 5.10. The molecular formula is C20H23N3O3. The second kappa shape index (κ2) is 8.38. The van der Waals surface area contributed by atoms with E-state index >= 15 is 0 Å². The molecule has 0 atom stereocenters. The standard InChI is InChI=1S/C20H23N3O3/c1-26-16-11-9-15(10-12-16)21-20(25)22-18-8-4-3-7-17(18)19(24)23-13-5-2-6-14-23/h3-4,7-12H,2,5-6,13-14H2,1H3,(H2,21,22,25). The van der Waals surface area contributed by atoms with Gasteiger partial charge >= 0.3 is 6.03 Å². The summed E-state index contributed by atoms with van der Waals surface area (Å²) in [5.41, 5.74) is 1.66. The van der Waals surface area contributed by atoms with Gasteiger partial charge in [0.1, 0.15) is 5.75 Å². The summed E-state index contributed by atoms with van der Waals surface area (Å²) in [5.74, 6) is 0.679. The van der Waals surface area contributed by atoms with E-state index < -0.39 is 6.03 Å². The van der Waals surface area contributed by atoms with Gasteiger partial charge in [-0.2, -0.15) is 0 Å². The Hall–Kier alpha value is -3.02. The number of para-hydroxylation sites is 1. The Labute approximate surface area is 153 Å². The van der Waals surface area contributed by atoms with Gasteiger partial charge < -0.3 is 20.3 Å². The monoisotopic (exact) mass is 353 g/mol. The summed E-state index contributed by atoms with van der Waals surface area (Å²) >= 11 is 0. The molecule has 2 N–H and O–H groups in total. The first-order valence-electron chi connectivity index (χ1n) is 8.78. The van der Waals surface area contributed by atoms with Gasteiger partial charge in [0.15, 0.2) is 0 Å². The van der Waals surface area contributed by atoms with Crippen LogP contribution in [0.3, 0.4) is 0 Å². The zero-order valence-corrected chi connectivity index (χ0v) is 14.8. The number of hydrogen-bond donors (Lipinski definition) is 2. The van der Waals surface area contributed by atoms with E-state index in [1.54, 1.807) is 49.6 Å². The molecule has 6 heteroatoms. The molecule has 26 heavy (non-hydrogen) atoms. The normalized spacial score (nSPS) is 13.8. The molecule has 136 valence electrons. The average molecular weight is 353 g/mol. The number of anilines is 2. The molecule has 0 aliphatic carbocycles. The number of nitrogens with zero attached hydrogens (tertiary/aromatic N) is 1. The summed E-state index contributed by atoms with van der Waals surface area (Å²) in [4.78, 5) is 26.9. The van der Waals surface area contributed by atoms with Crippen molar-refractivity contribution < 1.29 is 14.3 Å². The van der Waals surface area contributed by atoms with Gasteiger partial charge in [0, 0.05) is 18.8 Å². The van der Waals surface area contributed by atoms with Crippen LogP contribution in [-0.2, 0) is 0 Å². The number of urea groups is 1. The van der Waals surface area contributed by atoms with Crippen molar-refractivity contribution in [1.82, 2.24) is 4.90 Å². The molecule has 0 saturated carbocycles. The largest absolute Gasteiger partial charge is 0.497 e. The molecule has 0 radical (unpaired) electrons. The highest BCUT2D eigenvalue weighted by molar-refractivity contribution is 6.06. The molecular weight excluding hydrogens is 330 g/mol. The van der Waals surface area contributed by atoms with Gasteiger partial charge in [0.2, 0.25) is 0 Å². The lowest BCUT2D eigenvalue weighted by atomic mass is 10.1. The Balaban J connectivity index is 1.68. The van der Waals surface area contributed by atoms with Crippen LogP contribution in [0.25, 0.3) is 0 Å². The van der Waals surface area contributed by atoms with Crippen molar-refractivity contribution in [3.63, 3.8) is 0 Å². The molecule has 0 aromatic heterocycles. The number of benzene rings is 2. The minimum Gasteiger partial charge on any atom is -0.497 e. The lowest BCUT2D eigenvalue weighted by Crippen LogP contribution is -2.36. The van der Waals surface area contributed by atoms with E-state index in [0.29, 0.717) is 22.7 Å². The second-order valence-electron chi connectivity index (χ2n) is 6.21. The Bertz CT molecular complexity index is 768. The highest BCUT2D eigenvalue weighted by atomic mass is 16.5. The van der Waals surface area contributed by atoms with Crippen molar-refractivity contribution in [2.75, 3.05) is 30.8 Å². The van der Waals surface area contributed by atoms with Crippen molar-refractivity contribution in [3.8, 4) is 5.75 Å². The third-order valence-electron chi connectivity index (χ3n) is 4.40. The highest BCUT2D eigenvalue weighted by Crippen LogP contribution is 2.21. The molecule has 2 aromatic rings. The molecule has 6 nitrogen and oxygen atoms in total. The van der Waals surface area contributed by atoms with Gasteiger partial charge in [-0.25, -0.2) is 4.79 Å². The van der Waals surface area contributed by atoms with E-state index in [9.17, 15) is 9.59 Å². The zero-order valence-electron chi connectivity index (χ0n) is 14.8. The second-order valence-corrected chi connectivity index (χ2v) is 6.21. The van der Waals surface area contributed by atoms with Crippen LogP contribution in [-0.4, -0.2) is 37.0 Å². The minimum atomic E-state index is -0.394. The first-order chi connectivity index (χ1) is 12.7. The average Bonchev–Trinajstić information content (AvgIpc) is 2.69. The van der Waals surface area contributed by atoms with Crippen molar-refractivity contribution in [2.45, 2.75) is 19.3 Å². The van der Waals surface area contributed by atoms with E-state index in [0.717, 1.165) is 32.4 Å². The number of nitrogens with one attached hydrogen (secondary N) is 2. The van der Waals surface area contributed by atoms with Crippen LogP contribution < -0.4 is 15.4 Å². The molecule has 3 amide bonds. The summed E-state index contributed by atoms with van der Waals surface area (Å²) in [6.45, 7) is 1.54. The third kappa shape index (κ3) is 4.33. The van der Waals surface area contributed by atoms with E-state index in [1.807, 2.05) is 11.0 Å². The summed E-state index contributed by atoms with van der Waals surface area (Å²) in [7, 11) is 1.59. The fourth-order valence-corrected chi connectivity index (χ4v) is 3.00. The van der Waals surface area contributed by atoms with Crippen molar-refractivity contribution >= 4 is 23.3 Å². The number of methoxy groups -OCH3 is 1. The number of piperidine rings is 1. The molecule has 0 spiro atoms. The third-order valence-corrected chi connectivity index (χ3v) is 4.40. The number of rotatable bonds is 4. The molecule has 3 rings (SSSR count). The first kappa shape index (κ1) is 17.8. The summed E-state index contributed by atoms with van der Waals surface area (Å²) in [6.07, 6.45) is 3.21. The number of amides is 3. The maximum atomic E-state index is 12.8. The lowest BCUT2D eigenvalue weighted by Gasteiger charge is -2.27. The van der Waals surface area contributed by atoms with Crippen LogP contribution in [0.5, 0.6) is 5.75 Å². The molecule has 1 fully saturated rings. The molecule has 2 aromatic carbocycles. The maximum absolute atomic E-state index is 12.8. The lowest BCUT2D eigenvalue weighted by molar-refractivity contribution is 0.0725. The molecule has 0 bridgehead atoms. The smallest absolute Gasteiger partial charge is 0.323 e. The number of likely N-dealkylation sites (tertiary alicyclic amines) is 1. The first-order valence-corrected chi connectivity index (χ1v) is 8.78. The van der Waals surface area contributed by atoms with Gasteiger partial charge in [-0.3, -0.25) is 4.79 Å². The van der Waals surface area contributed by atoms with Gasteiger partial charge in [-0.1, -0.05) is 12.1 Å². The number of carbonyl (C=O) groups excluding carboxylic acids is 2. The van der Waals surface area contributed by atoms with Crippen LogP contribution in [0.1, 0.15) is 29.6 Å². The number of hydrogen-bond acceptors (Lipinski definition) is 3. The maximum Gasteiger partial charge on any atom is 0.323 e. The Morgan fingerprint density at radius 2 is 1.62 bits per heavy atom. The van der Waals surface area contributed by atoms with Gasteiger partial charge in [-0.05, 0) is 55.7 Å². The molecule has 1 heterocycles. The Kier molecular flexibility index (Phi) is 5.73. The molecule has 0 unspecified atom stereocenters. The Morgan fingerprint density at radius 3 is 2.31 bits per heavy atom. The minimum absolute atomic E-state index is 0.0370. The van der Waals surface area contributed by atoms with E-state index in [4.69, 9.17) is 4.74 Å². The fourth-order valence-electron chi connectivity index (χ4n) is 3.00. The van der Waals surface area contributed by atoms with Gasteiger partial charge in [0.05, 0.1) is 18.4 Å². The summed E-state index contributed by atoms with van der Waals surface area (Å²) in [5, 5.41) is 5.54. The van der Waals surface area contributed by atoms with Crippen LogP contribution in [0.15, 0.2) is 48.5 Å². The quantitative estimate of drug-likeness (QED) is 0.874. The van der Waals surface area contributed by atoms with Crippen LogP contribution in [0, 0.1) is 0 Å². The molecule has 1 aliphatic heterocycles. The van der Waals surface area contributed by atoms with Crippen molar-refractivity contribution in [3.05, 3.63) is 54.1 Å². The topological polar surface area (TPSA) is 70.7 Å². The van der Waals surface area contributed by atoms with Crippen LogP contribution in [0.4, 0.5) is 16.2 Å². The predicted octanol–water partition coefficient (Wildman–Crippen LogP) is 3.97. The highest BCUT2D eigenvalue weighted by Gasteiger charge is 2.21. The van der Waals surface area contributed by atoms with Crippen molar-refractivity contribution in [1.29, 1.82) is 0 Å². The van der Waals surface area contributed by atoms with Gasteiger partial charge in [0.25, 0.3) is 5.91 Å². The molecule has 1 saturated heterocycles. The van der Waals surface area contributed by atoms with Crippen LogP contribution >= 0.6 is 0 Å². The SMILES string of the molecule is COc1ccc(NC(=O)Nc2ccccc2C(=O)N2CCCCC2)cc1. The van der Waals surface area contributed by atoms with Gasteiger partial charge in [-0.15, -0.1) is 0 Å². The van der Waals surface area contributed by atoms with Crippen molar-refractivity contribution in [2.24, 2.45) is 0 Å². The Morgan fingerprint density at radius 1 is 0.923 bits per heavy atom. The number of carbonyl (C=O) groups is 2. The van der Waals surface area contributed by atoms with E-state index in [-0.39, 0.29) is 5.91 Å². The van der Waals surface area contributed by atoms with Crippen LogP contribution in [0.2, 0.25) is 0 Å². The molecule has 1 aliphatic rings. The number of ether oxygens (including phenoxy) is 1. The van der Waals surface area contributed by atoms with E-state index in [2.05, 4.69) is 10.6 Å². The fraction of sp³-hybridized carbons (Fsp3) is 0.300. The zero-order chi connectivity index (χ0) is 18.4. The summed E-state index contributed by atoms with van der Waals surface area (Å²) in [6, 6.07) is 13.7. The van der Waals surface area contributed by atoms with E-state index in [1.165, 1.54) is 0 Å².